The van der Waals surface area contributed by atoms with Crippen molar-refractivity contribution in [1.82, 2.24) is 20.3 Å². The molecule has 0 spiro atoms. The Balaban J connectivity index is 2.03. The summed E-state index contributed by atoms with van der Waals surface area (Å²) in [6.07, 6.45) is 3.45. The quantitative estimate of drug-likeness (QED) is 0.882. The molecule has 0 aliphatic carbocycles. The minimum atomic E-state index is 0.142. The van der Waals surface area contributed by atoms with Crippen LogP contribution in [0.25, 0.3) is 11.2 Å². The largest absolute Gasteiger partial charge is 0.481 e. The van der Waals surface area contributed by atoms with Crippen molar-refractivity contribution in [2.75, 3.05) is 20.2 Å². The normalized spacial score (nSPS) is 23.1. The van der Waals surface area contributed by atoms with Gasteiger partial charge in [0.25, 0.3) is 0 Å². The van der Waals surface area contributed by atoms with Crippen LogP contribution in [0, 0.1) is 0 Å². The van der Waals surface area contributed by atoms with Gasteiger partial charge in [-0.15, -0.1) is 0 Å². The van der Waals surface area contributed by atoms with Crippen LogP contribution in [-0.2, 0) is 5.41 Å². The van der Waals surface area contributed by atoms with Crippen molar-refractivity contribution in [1.29, 1.82) is 0 Å². The van der Waals surface area contributed by atoms with Crippen LogP contribution in [0.15, 0.2) is 12.1 Å². The maximum atomic E-state index is 5.15. The van der Waals surface area contributed by atoms with Gasteiger partial charge in [0.1, 0.15) is 5.82 Å². The minimum Gasteiger partial charge on any atom is -0.481 e. The first kappa shape index (κ1) is 12.4. The molecule has 1 aliphatic rings. The molecule has 1 aliphatic heterocycles. The van der Waals surface area contributed by atoms with Crippen LogP contribution in [-0.4, -0.2) is 35.2 Å². The van der Waals surface area contributed by atoms with E-state index in [0.717, 1.165) is 49.3 Å². The molecule has 1 fully saturated rings. The second kappa shape index (κ2) is 4.81. The first-order valence-corrected chi connectivity index (χ1v) is 6.89. The summed E-state index contributed by atoms with van der Waals surface area (Å²) in [5.41, 5.74) is 1.87. The molecule has 102 valence electrons. The summed E-state index contributed by atoms with van der Waals surface area (Å²) in [6.45, 7) is 4.29. The number of imidazole rings is 1. The molecule has 1 saturated heterocycles. The molecular weight excluding hydrogens is 240 g/mol. The number of methoxy groups -OCH3 is 1. The molecule has 3 rings (SSSR count). The third-order valence-corrected chi connectivity index (χ3v) is 4.00. The van der Waals surface area contributed by atoms with E-state index in [0.29, 0.717) is 5.88 Å². The van der Waals surface area contributed by atoms with Gasteiger partial charge in [-0.2, -0.15) is 4.98 Å². The lowest BCUT2D eigenvalue weighted by Gasteiger charge is -2.25. The summed E-state index contributed by atoms with van der Waals surface area (Å²) in [7, 11) is 1.63. The van der Waals surface area contributed by atoms with Gasteiger partial charge in [0, 0.05) is 18.0 Å². The fourth-order valence-electron chi connectivity index (χ4n) is 3.00. The van der Waals surface area contributed by atoms with Gasteiger partial charge in [-0.3, -0.25) is 0 Å². The third-order valence-electron chi connectivity index (χ3n) is 4.00. The molecule has 0 amide bonds. The second-order valence-corrected chi connectivity index (χ2v) is 5.27. The number of nitrogens with one attached hydrogen (secondary N) is 2. The van der Waals surface area contributed by atoms with Gasteiger partial charge < -0.3 is 15.0 Å². The van der Waals surface area contributed by atoms with E-state index in [1.54, 1.807) is 7.11 Å². The summed E-state index contributed by atoms with van der Waals surface area (Å²) >= 11 is 0. The Labute approximate surface area is 112 Å². The number of pyridine rings is 1. The van der Waals surface area contributed by atoms with E-state index in [-0.39, 0.29) is 5.41 Å². The number of H-pyrrole nitrogens is 1. The van der Waals surface area contributed by atoms with Crippen LogP contribution in [0.3, 0.4) is 0 Å². The lowest BCUT2D eigenvalue weighted by atomic mass is 9.82. The number of hydrogen-bond donors (Lipinski definition) is 2. The predicted molar refractivity (Wildman–Crippen MR) is 74.5 cm³/mol. The Bertz CT molecular complexity index is 572. The average molecular weight is 260 g/mol. The van der Waals surface area contributed by atoms with Crippen molar-refractivity contribution in [3.8, 4) is 5.88 Å². The van der Waals surface area contributed by atoms with Gasteiger partial charge in [-0.1, -0.05) is 13.3 Å². The van der Waals surface area contributed by atoms with Crippen molar-refractivity contribution in [3.63, 3.8) is 0 Å². The number of aromatic amines is 1. The van der Waals surface area contributed by atoms with E-state index in [4.69, 9.17) is 9.72 Å². The van der Waals surface area contributed by atoms with Gasteiger partial charge in [-0.05, 0) is 25.5 Å². The standard InChI is InChI=1S/C14H20N4O/c1-3-6-14(7-8-15-9-14)13-16-10-4-5-11(19-2)17-12(10)18-13/h4-5,15H,3,6-9H2,1-2H3,(H,16,17,18). The van der Waals surface area contributed by atoms with Crippen molar-refractivity contribution >= 4 is 11.2 Å². The lowest BCUT2D eigenvalue weighted by Crippen LogP contribution is -2.30. The number of fused-ring (bicyclic) bond motifs is 1. The summed E-state index contributed by atoms with van der Waals surface area (Å²) in [5, 5.41) is 3.46. The molecule has 1 unspecified atom stereocenters. The van der Waals surface area contributed by atoms with E-state index in [1.807, 2.05) is 12.1 Å². The summed E-state index contributed by atoms with van der Waals surface area (Å²) in [5.74, 6) is 1.68. The first-order valence-electron chi connectivity index (χ1n) is 6.89. The summed E-state index contributed by atoms with van der Waals surface area (Å²) < 4.78 is 5.15. The topological polar surface area (TPSA) is 62.8 Å². The van der Waals surface area contributed by atoms with Crippen LogP contribution >= 0.6 is 0 Å². The molecule has 3 heterocycles. The van der Waals surface area contributed by atoms with Crippen LogP contribution in [0.1, 0.15) is 32.0 Å². The monoisotopic (exact) mass is 260 g/mol. The Morgan fingerprint density at radius 3 is 2.95 bits per heavy atom. The van der Waals surface area contributed by atoms with Crippen molar-refractivity contribution < 1.29 is 4.74 Å². The average Bonchev–Trinajstić information content (AvgIpc) is 3.05. The van der Waals surface area contributed by atoms with Gasteiger partial charge in [0.15, 0.2) is 5.65 Å². The predicted octanol–water partition coefficient (Wildman–Crippen LogP) is 2.00. The molecule has 2 aromatic rings. The van der Waals surface area contributed by atoms with Crippen molar-refractivity contribution in [2.45, 2.75) is 31.6 Å². The lowest BCUT2D eigenvalue weighted by molar-refractivity contribution is 0.398. The van der Waals surface area contributed by atoms with E-state index in [2.05, 4.69) is 22.2 Å². The first-order chi connectivity index (χ1) is 9.27. The highest BCUT2D eigenvalue weighted by atomic mass is 16.5. The highest BCUT2D eigenvalue weighted by Gasteiger charge is 2.37. The maximum absolute atomic E-state index is 5.15. The number of rotatable bonds is 4. The Hall–Kier alpha value is -1.62. The molecule has 2 N–H and O–H groups in total. The zero-order chi connectivity index (χ0) is 13.3. The molecule has 2 aromatic heterocycles. The maximum Gasteiger partial charge on any atom is 0.215 e. The fourth-order valence-corrected chi connectivity index (χ4v) is 3.00. The summed E-state index contributed by atoms with van der Waals surface area (Å²) in [6, 6.07) is 3.85. The number of ether oxygens (including phenoxy) is 1. The van der Waals surface area contributed by atoms with E-state index < -0.39 is 0 Å². The van der Waals surface area contributed by atoms with E-state index >= 15 is 0 Å². The third kappa shape index (κ3) is 2.08. The molecule has 1 atom stereocenters. The second-order valence-electron chi connectivity index (χ2n) is 5.27. The smallest absolute Gasteiger partial charge is 0.215 e. The highest BCUT2D eigenvalue weighted by Crippen LogP contribution is 2.34. The molecule has 5 heteroatoms. The summed E-state index contributed by atoms with van der Waals surface area (Å²) in [4.78, 5) is 12.5. The highest BCUT2D eigenvalue weighted by molar-refractivity contribution is 5.71. The molecule has 19 heavy (non-hydrogen) atoms. The van der Waals surface area contributed by atoms with Gasteiger partial charge in [-0.25, -0.2) is 4.98 Å². The number of aromatic nitrogens is 3. The SMILES string of the molecule is CCCC1(c2nc3nc(OC)ccc3[nH]2)CCNC1. The molecular formula is C14H20N4O. The molecule has 0 saturated carbocycles. The van der Waals surface area contributed by atoms with Gasteiger partial charge in [0.2, 0.25) is 5.88 Å². The van der Waals surface area contributed by atoms with Crippen LogP contribution in [0.5, 0.6) is 5.88 Å². The Morgan fingerprint density at radius 1 is 1.37 bits per heavy atom. The zero-order valence-corrected chi connectivity index (χ0v) is 11.5. The van der Waals surface area contributed by atoms with Crippen molar-refractivity contribution in [2.24, 2.45) is 0 Å². The minimum absolute atomic E-state index is 0.142. The Morgan fingerprint density at radius 2 is 2.26 bits per heavy atom. The van der Waals surface area contributed by atoms with E-state index in [9.17, 15) is 0 Å². The van der Waals surface area contributed by atoms with E-state index in [1.165, 1.54) is 0 Å². The van der Waals surface area contributed by atoms with Gasteiger partial charge in [0.05, 0.1) is 12.6 Å². The number of hydrogen-bond acceptors (Lipinski definition) is 4. The molecule has 0 bridgehead atoms. The van der Waals surface area contributed by atoms with Crippen LogP contribution in [0.2, 0.25) is 0 Å². The molecule has 0 radical (unpaired) electrons. The van der Waals surface area contributed by atoms with Crippen LogP contribution < -0.4 is 10.1 Å². The molecule has 5 nitrogen and oxygen atoms in total. The fraction of sp³-hybridized carbons (Fsp3) is 0.571. The number of nitrogens with zero attached hydrogens (tertiary/aromatic N) is 2. The zero-order valence-electron chi connectivity index (χ0n) is 11.5. The van der Waals surface area contributed by atoms with Crippen LogP contribution in [0.4, 0.5) is 0 Å². The van der Waals surface area contributed by atoms with Crippen molar-refractivity contribution in [3.05, 3.63) is 18.0 Å². The molecule has 0 aromatic carbocycles. The Kier molecular flexibility index (Phi) is 3.14. The van der Waals surface area contributed by atoms with Gasteiger partial charge >= 0.3 is 0 Å².